The Morgan fingerprint density at radius 2 is 2.00 bits per heavy atom. The molecule has 0 aliphatic rings. The second-order valence-corrected chi connectivity index (χ2v) is 4.30. The summed E-state index contributed by atoms with van der Waals surface area (Å²) >= 11 is 0. The van der Waals surface area contributed by atoms with Crippen LogP contribution in [-0.2, 0) is 6.18 Å². The topological polar surface area (TPSA) is 105 Å². The van der Waals surface area contributed by atoms with Crippen LogP contribution in [0.5, 0.6) is 5.75 Å². The first-order chi connectivity index (χ1) is 10.8. The summed E-state index contributed by atoms with van der Waals surface area (Å²) in [5.74, 6) is -0.170. The summed E-state index contributed by atoms with van der Waals surface area (Å²) in [6, 6.07) is 6.90. The van der Waals surface area contributed by atoms with Crippen molar-refractivity contribution in [2.45, 2.75) is 6.18 Å². The van der Waals surface area contributed by atoms with E-state index in [1.807, 2.05) is 0 Å². The van der Waals surface area contributed by atoms with E-state index in [-0.39, 0.29) is 5.96 Å². The number of benzene rings is 1. The van der Waals surface area contributed by atoms with Crippen molar-refractivity contribution in [2.75, 3.05) is 12.4 Å². The van der Waals surface area contributed by atoms with Crippen LogP contribution < -0.4 is 21.3 Å². The van der Waals surface area contributed by atoms with E-state index in [2.05, 4.69) is 20.3 Å². The number of nitrogens with two attached hydrogens (primary N) is 1. The number of alkyl halides is 3. The molecule has 1 aromatic heterocycles. The first-order valence-electron chi connectivity index (χ1n) is 6.22. The number of hydrogen-bond acceptors (Lipinski definition) is 4. The van der Waals surface area contributed by atoms with E-state index in [4.69, 9.17) is 10.5 Å². The third-order valence-corrected chi connectivity index (χ3v) is 2.61. The molecule has 0 spiro atoms. The van der Waals surface area contributed by atoms with Crippen LogP contribution in [0, 0.1) is 0 Å². The van der Waals surface area contributed by atoms with E-state index in [9.17, 15) is 18.0 Å². The van der Waals surface area contributed by atoms with Crippen LogP contribution in [-0.4, -0.2) is 23.0 Å². The Morgan fingerprint density at radius 3 is 2.57 bits per heavy atom. The van der Waals surface area contributed by atoms with Gasteiger partial charge in [-0.15, -0.1) is 0 Å². The van der Waals surface area contributed by atoms with E-state index in [1.165, 1.54) is 7.11 Å². The maximum Gasteiger partial charge on any atom is 0.433 e. The van der Waals surface area contributed by atoms with Crippen LogP contribution >= 0.6 is 0 Å². The fourth-order valence-corrected chi connectivity index (χ4v) is 1.61. The number of hydrogen-bond donors (Lipinski definition) is 3. The van der Waals surface area contributed by atoms with Gasteiger partial charge in [0.15, 0.2) is 5.69 Å². The highest BCUT2D eigenvalue weighted by atomic mass is 19.4. The number of nitrogens with zero attached hydrogens (tertiary/aromatic N) is 2. The van der Waals surface area contributed by atoms with Gasteiger partial charge in [-0.2, -0.15) is 18.2 Å². The summed E-state index contributed by atoms with van der Waals surface area (Å²) in [7, 11) is 1.51. The highest BCUT2D eigenvalue weighted by molar-refractivity contribution is 5.93. The normalized spacial score (nSPS) is 12.1. The maximum absolute atomic E-state index is 12.6. The standard InChI is InChI=1S/C13H12F3N5O2/c1-23-8-4-2-7(3-5-8)18-11(17)21-12-19-9(13(14,15)16)6-10(22)20-12/h2-6H,1H3,(H4,17,18,19,20,21,22). The molecule has 0 saturated carbocycles. The summed E-state index contributed by atoms with van der Waals surface area (Å²) in [6.07, 6.45) is -4.75. The zero-order valence-electron chi connectivity index (χ0n) is 11.8. The number of halogens is 3. The van der Waals surface area contributed by atoms with E-state index < -0.39 is 23.4 Å². The molecule has 0 radical (unpaired) electrons. The van der Waals surface area contributed by atoms with Crippen molar-refractivity contribution in [1.29, 1.82) is 0 Å². The van der Waals surface area contributed by atoms with Crippen molar-refractivity contribution < 1.29 is 17.9 Å². The molecule has 0 unspecified atom stereocenters. The fourth-order valence-electron chi connectivity index (χ4n) is 1.61. The zero-order chi connectivity index (χ0) is 17.0. The summed E-state index contributed by atoms with van der Waals surface area (Å²) < 4.78 is 42.7. The molecule has 122 valence electrons. The predicted octanol–water partition coefficient (Wildman–Crippen LogP) is 1.86. The van der Waals surface area contributed by atoms with Gasteiger partial charge in [-0.3, -0.25) is 9.78 Å². The van der Waals surface area contributed by atoms with Crippen molar-refractivity contribution in [3.63, 3.8) is 0 Å². The number of aromatic nitrogens is 2. The number of methoxy groups -OCH3 is 1. The summed E-state index contributed by atoms with van der Waals surface area (Å²) in [4.78, 5) is 20.1. The molecule has 0 amide bonds. The molecule has 2 rings (SSSR count). The number of anilines is 1. The highest BCUT2D eigenvalue weighted by Crippen LogP contribution is 2.27. The van der Waals surface area contributed by atoms with Gasteiger partial charge in [0, 0.05) is 11.8 Å². The Hall–Kier alpha value is -3.04. The monoisotopic (exact) mass is 327 g/mol. The Morgan fingerprint density at radius 1 is 1.35 bits per heavy atom. The number of ether oxygens (including phenoxy) is 1. The first-order valence-corrected chi connectivity index (χ1v) is 6.22. The molecule has 10 heteroatoms. The van der Waals surface area contributed by atoms with Crippen molar-refractivity contribution >= 4 is 17.6 Å². The number of guanidine groups is 1. The maximum atomic E-state index is 12.6. The lowest BCUT2D eigenvalue weighted by Crippen LogP contribution is -2.23. The second-order valence-electron chi connectivity index (χ2n) is 4.30. The third kappa shape index (κ3) is 4.46. The SMILES string of the molecule is COc1ccc(NC(N)=Nc2nc(C(F)(F)F)cc(=O)[nH]2)cc1. The van der Waals surface area contributed by atoms with Gasteiger partial charge in [-0.1, -0.05) is 0 Å². The number of aromatic amines is 1. The molecule has 1 heterocycles. The van der Waals surface area contributed by atoms with Crippen molar-refractivity contribution in [2.24, 2.45) is 10.7 Å². The first kappa shape index (κ1) is 16.3. The molecule has 7 nitrogen and oxygen atoms in total. The second kappa shape index (κ2) is 6.38. The smallest absolute Gasteiger partial charge is 0.433 e. The van der Waals surface area contributed by atoms with E-state index in [0.717, 1.165) is 0 Å². The quantitative estimate of drug-likeness (QED) is 0.589. The molecule has 23 heavy (non-hydrogen) atoms. The Balaban J connectivity index is 2.23. The number of aliphatic imine (C=N–C) groups is 1. The Bertz CT molecular complexity index is 768. The number of rotatable bonds is 3. The average Bonchev–Trinajstić information content (AvgIpc) is 2.46. The molecular weight excluding hydrogens is 315 g/mol. The molecular formula is C13H12F3N5O2. The van der Waals surface area contributed by atoms with Crippen molar-refractivity contribution in [3.8, 4) is 5.75 Å². The highest BCUT2D eigenvalue weighted by Gasteiger charge is 2.33. The van der Waals surface area contributed by atoms with Gasteiger partial charge in [-0.25, -0.2) is 4.98 Å². The van der Waals surface area contributed by atoms with Crippen LogP contribution in [0.4, 0.5) is 24.8 Å². The van der Waals surface area contributed by atoms with Crippen LogP contribution in [0.1, 0.15) is 5.69 Å². The van der Waals surface area contributed by atoms with Gasteiger partial charge in [0.25, 0.3) is 5.56 Å². The van der Waals surface area contributed by atoms with Gasteiger partial charge in [0.2, 0.25) is 11.9 Å². The minimum absolute atomic E-state index is 0.238. The molecule has 4 N–H and O–H groups in total. The predicted molar refractivity (Wildman–Crippen MR) is 77.8 cm³/mol. The minimum Gasteiger partial charge on any atom is -0.497 e. The van der Waals surface area contributed by atoms with Crippen molar-refractivity contribution in [1.82, 2.24) is 9.97 Å². The van der Waals surface area contributed by atoms with E-state index >= 15 is 0 Å². The molecule has 0 bridgehead atoms. The van der Waals surface area contributed by atoms with E-state index in [0.29, 0.717) is 17.5 Å². The molecule has 0 saturated heterocycles. The summed E-state index contributed by atoms with van der Waals surface area (Å²) in [5, 5.41) is 2.65. The summed E-state index contributed by atoms with van der Waals surface area (Å²) in [5.41, 5.74) is 3.78. The van der Waals surface area contributed by atoms with Gasteiger partial charge in [0.05, 0.1) is 7.11 Å². The van der Waals surface area contributed by atoms with Gasteiger partial charge < -0.3 is 15.8 Å². The van der Waals surface area contributed by atoms with Crippen LogP contribution in [0.2, 0.25) is 0 Å². The largest absolute Gasteiger partial charge is 0.497 e. The van der Waals surface area contributed by atoms with Crippen LogP contribution in [0.15, 0.2) is 40.1 Å². The lowest BCUT2D eigenvalue weighted by atomic mass is 10.3. The zero-order valence-corrected chi connectivity index (χ0v) is 11.8. The Kier molecular flexibility index (Phi) is 4.53. The fraction of sp³-hybridized carbons (Fsp3) is 0.154. The molecule has 1 aromatic carbocycles. The molecule has 0 atom stereocenters. The summed E-state index contributed by atoms with van der Waals surface area (Å²) in [6.45, 7) is 0. The molecule has 0 aliphatic carbocycles. The van der Waals surface area contributed by atoms with Gasteiger partial charge in [0.1, 0.15) is 5.75 Å². The van der Waals surface area contributed by atoms with E-state index in [1.54, 1.807) is 24.3 Å². The Labute approximate surface area is 128 Å². The average molecular weight is 327 g/mol. The third-order valence-electron chi connectivity index (χ3n) is 2.61. The molecule has 0 aliphatic heterocycles. The lowest BCUT2D eigenvalue weighted by Gasteiger charge is -2.07. The molecule has 2 aromatic rings. The van der Waals surface area contributed by atoms with Crippen LogP contribution in [0.25, 0.3) is 0 Å². The van der Waals surface area contributed by atoms with Crippen molar-refractivity contribution in [3.05, 3.63) is 46.4 Å². The number of nitrogens with one attached hydrogen (secondary N) is 2. The van der Waals surface area contributed by atoms with Crippen LogP contribution in [0.3, 0.4) is 0 Å². The minimum atomic E-state index is -4.75. The molecule has 0 fully saturated rings. The number of H-pyrrole nitrogens is 1. The van der Waals surface area contributed by atoms with Gasteiger partial charge in [-0.05, 0) is 24.3 Å². The van der Waals surface area contributed by atoms with Gasteiger partial charge >= 0.3 is 6.18 Å². The lowest BCUT2D eigenvalue weighted by molar-refractivity contribution is -0.141.